The van der Waals surface area contributed by atoms with Gasteiger partial charge in [-0.25, -0.2) is 4.79 Å². The summed E-state index contributed by atoms with van der Waals surface area (Å²) in [5, 5.41) is 8.81. The second-order valence-corrected chi connectivity index (χ2v) is 4.36. The average molecular weight is 297 g/mol. The number of carbonyl (C=O) groups excluding carboxylic acids is 2. The molecular formula is C14H11N5O3. The molecule has 1 aromatic carbocycles. The van der Waals surface area contributed by atoms with Crippen LogP contribution in [0.25, 0.3) is 11.0 Å². The molecule has 0 aliphatic rings. The molecule has 3 rings (SSSR count). The van der Waals surface area contributed by atoms with Crippen molar-refractivity contribution in [2.24, 2.45) is 0 Å². The molecule has 0 aliphatic heterocycles. The number of anilines is 1. The monoisotopic (exact) mass is 297 g/mol. The van der Waals surface area contributed by atoms with Crippen molar-refractivity contribution in [1.29, 1.82) is 0 Å². The van der Waals surface area contributed by atoms with E-state index in [-0.39, 0.29) is 17.3 Å². The van der Waals surface area contributed by atoms with Crippen molar-refractivity contribution >= 4 is 28.6 Å². The number of methoxy groups -OCH3 is 1. The summed E-state index contributed by atoms with van der Waals surface area (Å²) in [6, 6.07) is 4.95. The van der Waals surface area contributed by atoms with Crippen LogP contribution in [0.4, 0.5) is 5.69 Å². The van der Waals surface area contributed by atoms with Gasteiger partial charge in [0.1, 0.15) is 0 Å². The quantitative estimate of drug-likeness (QED) is 0.707. The Hall–Kier alpha value is -3.29. The van der Waals surface area contributed by atoms with Crippen LogP contribution < -0.4 is 5.32 Å². The first-order chi connectivity index (χ1) is 10.7. The van der Waals surface area contributed by atoms with Gasteiger partial charge in [-0.1, -0.05) is 0 Å². The zero-order chi connectivity index (χ0) is 15.5. The van der Waals surface area contributed by atoms with Crippen LogP contribution in [0.3, 0.4) is 0 Å². The fraction of sp³-hybridized carbons (Fsp3) is 0.0714. The number of ether oxygens (including phenoxy) is 1. The Morgan fingerprint density at radius 1 is 1.18 bits per heavy atom. The van der Waals surface area contributed by atoms with Crippen LogP contribution in [0.15, 0.2) is 36.8 Å². The lowest BCUT2D eigenvalue weighted by Crippen LogP contribution is -2.14. The van der Waals surface area contributed by atoms with Crippen molar-refractivity contribution in [3.05, 3.63) is 48.0 Å². The molecule has 1 amide bonds. The summed E-state index contributed by atoms with van der Waals surface area (Å²) in [4.78, 5) is 32.1. The van der Waals surface area contributed by atoms with Crippen LogP contribution in [-0.2, 0) is 4.74 Å². The van der Waals surface area contributed by atoms with E-state index >= 15 is 0 Å². The van der Waals surface area contributed by atoms with E-state index in [1.165, 1.54) is 13.3 Å². The Morgan fingerprint density at radius 3 is 2.73 bits per heavy atom. The van der Waals surface area contributed by atoms with Crippen LogP contribution in [0.1, 0.15) is 20.8 Å². The van der Waals surface area contributed by atoms with E-state index in [9.17, 15) is 9.59 Å². The highest BCUT2D eigenvalue weighted by Crippen LogP contribution is 2.16. The molecule has 8 heteroatoms. The molecule has 0 saturated heterocycles. The van der Waals surface area contributed by atoms with E-state index in [0.29, 0.717) is 16.6 Å². The Kier molecular flexibility index (Phi) is 3.48. The van der Waals surface area contributed by atoms with E-state index in [1.807, 2.05) is 0 Å². The first kappa shape index (κ1) is 13.7. The number of nitrogens with zero attached hydrogens (tertiary/aromatic N) is 3. The molecule has 0 unspecified atom stereocenters. The van der Waals surface area contributed by atoms with Crippen LogP contribution >= 0.6 is 0 Å². The van der Waals surface area contributed by atoms with Gasteiger partial charge in [-0.05, 0) is 18.2 Å². The van der Waals surface area contributed by atoms with Crippen molar-refractivity contribution in [2.75, 3.05) is 12.4 Å². The molecular weight excluding hydrogens is 286 g/mol. The van der Waals surface area contributed by atoms with Gasteiger partial charge in [-0.2, -0.15) is 5.10 Å². The summed E-state index contributed by atoms with van der Waals surface area (Å²) >= 11 is 0. The minimum atomic E-state index is -0.614. The predicted octanol–water partition coefficient (Wildman–Crippen LogP) is 1.39. The van der Waals surface area contributed by atoms with Crippen LogP contribution in [0, 0.1) is 0 Å². The zero-order valence-corrected chi connectivity index (χ0v) is 11.5. The summed E-state index contributed by atoms with van der Waals surface area (Å²) in [5.41, 5.74) is 2.02. The number of amides is 1. The molecule has 0 bridgehead atoms. The fourth-order valence-electron chi connectivity index (χ4n) is 1.94. The molecule has 0 spiro atoms. The molecule has 3 aromatic rings. The first-order valence-corrected chi connectivity index (χ1v) is 6.33. The summed E-state index contributed by atoms with van der Waals surface area (Å²) in [5.74, 6) is -1.00. The number of esters is 1. The minimum Gasteiger partial charge on any atom is -0.464 e. The van der Waals surface area contributed by atoms with Crippen LogP contribution in [-0.4, -0.2) is 39.2 Å². The number of aromatic nitrogens is 4. The van der Waals surface area contributed by atoms with Crippen molar-refractivity contribution in [2.45, 2.75) is 0 Å². The number of rotatable bonds is 3. The van der Waals surface area contributed by atoms with E-state index in [4.69, 9.17) is 0 Å². The van der Waals surface area contributed by atoms with Gasteiger partial charge in [0.15, 0.2) is 5.69 Å². The van der Waals surface area contributed by atoms with Gasteiger partial charge in [0.2, 0.25) is 0 Å². The largest absolute Gasteiger partial charge is 0.464 e. The van der Waals surface area contributed by atoms with E-state index < -0.39 is 5.97 Å². The maximum absolute atomic E-state index is 12.3. The second kappa shape index (κ2) is 5.60. The van der Waals surface area contributed by atoms with Gasteiger partial charge >= 0.3 is 5.97 Å². The van der Waals surface area contributed by atoms with Gasteiger partial charge in [0.25, 0.3) is 5.91 Å². The van der Waals surface area contributed by atoms with E-state index in [0.717, 1.165) is 0 Å². The van der Waals surface area contributed by atoms with Gasteiger partial charge in [-0.3, -0.25) is 19.9 Å². The van der Waals surface area contributed by atoms with Crippen molar-refractivity contribution in [3.63, 3.8) is 0 Å². The third kappa shape index (κ3) is 2.49. The molecule has 8 nitrogen and oxygen atoms in total. The minimum absolute atomic E-state index is 0.0800. The zero-order valence-electron chi connectivity index (χ0n) is 11.5. The number of nitrogens with one attached hydrogen (secondary N) is 2. The molecule has 0 radical (unpaired) electrons. The molecule has 2 N–H and O–H groups in total. The summed E-state index contributed by atoms with van der Waals surface area (Å²) in [7, 11) is 1.25. The lowest BCUT2D eigenvalue weighted by atomic mass is 10.1. The summed E-state index contributed by atoms with van der Waals surface area (Å²) < 4.78 is 4.60. The van der Waals surface area contributed by atoms with Gasteiger partial charge in [0.05, 0.1) is 30.0 Å². The molecule has 0 atom stereocenters. The molecule has 2 heterocycles. The van der Waals surface area contributed by atoms with Gasteiger partial charge in [-0.15, -0.1) is 0 Å². The molecule has 0 saturated carbocycles. The third-order valence-electron chi connectivity index (χ3n) is 3.01. The van der Waals surface area contributed by atoms with Crippen LogP contribution in [0.2, 0.25) is 0 Å². The standard InChI is InChI=1S/C14H11N5O3/c1-22-14(21)12-11(7-17-19-12)18-13(20)8-2-3-9-10(6-8)16-5-4-15-9/h2-7H,1H3,(H,17,19)(H,18,20). The van der Waals surface area contributed by atoms with Crippen molar-refractivity contribution in [1.82, 2.24) is 20.2 Å². The summed E-state index contributed by atoms with van der Waals surface area (Å²) in [6.07, 6.45) is 4.47. The lowest BCUT2D eigenvalue weighted by Gasteiger charge is -2.05. The van der Waals surface area contributed by atoms with Crippen LogP contribution in [0.5, 0.6) is 0 Å². The number of carbonyl (C=O) groups is 2. The van der Waals surface area contributed by atoms with E-state index in [2.05, 4.69) is 30.2 Å². The highest BCUT2D eigenvalue weighted by atomic mass is 16.5. The second-order valence-electron chi connectivity index (χ2n) is 4.36. The average Bonchev–Trinajstić information content (AvgIpc) is 3.01. The third-order valence-corrected chi connectivity index (χ3v) is 3.01. The fourth-order valence-corrected chi connectivity index (χ4v) is 1.94. The molecule has 22 heavy (non-hydrogen) atoms. The van der Waals surface area contributed by atoms with Crippen molar-refractivity contribution in [3.8, 4) is 0 Å². The number of hydrogen-bond donors (Lipinski definition) is 2. The predicted molar refractivity (Wildman–Crippen MR) is 77.4 cm³/mol. The topological polar surface area (TPSA) is 110 Å². The number of benzene rings is 1. The Bertz CT molecular complexity index is 858. The number of fused-ring (bicyclic) bond motifs is 1. The maximum Gasteiger partial charge on any atom is 0.358 e. The molecule has 2 aromatic heterocycles. The van der Waals surface area contributed by atoms with Gasteiger partial charge < -0.3 is 10.1 Å². The smallest absolute Gasteiger partial charge is 0.358 e. The lowest BCUT2D eigenvalue weighted by molar-refractivity contribution is 0.0595. The number of H-pyrrole nitrogens is 1. The molecule has 0 fully saturated rings. The van der Waals surface area contributed by atoms with Crippen molar-refractivity contribution < 1.29 is 14.3 Å². The summed E-state index contributed by atoms with van der Waals surface area (Å²) in [6.45, 7) is 0. The normalized spacial score (nSPS) is 10.4. The number of aromatic amines is 1. The first-order valence-electron chi connectivity index (χ1n) is 6.33. The van der Waals surface area contributed by atoms with E-state index in [1.54, 1.807) is 30.6 Å². The van der Waals surface area contributed by atoms with Gasteiger partial charge in [0, 0.05) is 18.0 Å². The number of hydrogen-bond acceptors (Lipinski definition) is 6. The molecule has 0 aliphatic carbocycles. The Labute approximate surface area is 124 Å². The Morgan fingerprint density at radius 2 is 1.95 bits per heavy atom. The highest BCUT2D eigenvalue weighted by Gasteiger charge is 2.17. The Balaban J connectivity index is 1.87. The highest BCUT2D eigenvalue weighted by molar-refractivity contribution is 6.08. The SMILES string of the molecule is COC(=O)c1[nH]ncc1NC(=O)c1ccc2nccnc2c1. The molecule has 110 valence electrons. The maximum atomic E-state index is 12.3.